The number of nitrogens with zero attached hydrogens (tertiary/aromatic N) is 3. The summed E-state index contributed by atoms with van der Waals surface area (Å²) in [6.45, 7) is 4.53. The first-order chi connectivity index (χ1) is 9.06. The number of carbonyl (C=O) groups excluding carboxylic acids is 2. The summed E-state index contributed by atoms with van der Waals surface area (Å²) in [6.07, 6.45) is 3.82. The molecule has 19 heavy (non-hydrogen) atoms. The van der Waals surface area contributed by atoms with Crippen LogP contribution in [0.15, 0.2) is 12.4 Å². The normalized spacial score (nSPS) is 10.2. The number of ether oxygens (including phenoxy) is 1. The molecule has 0 saturated carbocycles. The van der Waals surface area contributed by atoms with Crippen LogP contribution in [0.1, 0.15) is 20.3 Å². The largest absolute Gasteiger partial charge is 0.465 e. The molecule has 106 valence electrons. The zero-order valence-electron chi connectivity index (χ0n) is 11.3. The van der Waals surface area contributed by atoms with Gasteiger partial charge < -0.3 is 15.4 Å². The van der Waals surface area contributed by atoms with E-state index < -0.39 is 5.97 Å². The van der Waals surface area contributed by atoms with E-state index in [2.05, 4.69) is 5.10 Å². The van der Waals surface area contributed by atoms with Crippen molar-refractivity contribution in [2.24, 2.45) is 0 Å². The summed E-state index contributed by atoms with van der Waals surface area (Å²) >= 11 is 0. The average Bonchev–Trinajstić information content (AvgIpc) is 2.74. The van der Waals surface area contributed by atoms with Crippen molar-refractivity contribution in [3.8, 4) is 0 Å². The quantitative estimate of drug-likeness (QED) is 0.717. The molecule has 1 amide bonds. The third kappa shape index (κ3) is 4.99. The van der Waals surface area contributed by atoms with Crippen LogP contribution < -0.4 is 5.73 Å². The molecule has 1 heterocycles. The Morgan fingerprint density at radius 3 is 2.74 bits per heavy atom. The topological polar surface area (TPSA) is 90.5 Å². The molecule has 1 aromatic heterocycles. The van der Waals surface area contributed by atoms with Gasteiger partial charge >= 0.3 is 5.97 Å². The summed E-state index contributed by atoms with van der Waals surface area (Å²) in [5.74, 6) is -0.581. The minimum Gasteiger partial charge on any atom is -0.465 e. The molecule has 0 aromatic carbocycles. The summed E-state index contributed by atoms with van der Waals surface area (Å²) in [6, 6.07) is 0. The molecule has 0 bridgehead atoms. The molecule has 0 saturated heterocycles. The number of hydrogen-bond acceptors (Lipinski definition) is 5. The number of esters is 1. The number of nitrogens with two attached hydrogens (primary N) is 1. The molecule has 7 nitrogen and oxygen atoms in total. The number of amides is 1. The lowest BCUT2D eigenvalue weighted by Gasteiger charge is -2.20. The van der Waals surface area contributed by atoms with Crippen molar-refractivity contribution in [1.29, 1.82) is 0 Å². The number of anilines is 1. The van der Waals surface area contributed by atoms with Gasteiger partial charge in [0.05, 0.1) is 18.5 Å². The molecule has 0 unspecified atom stereocenters. The molecular weight excluding hydrogens is 248 g/mol. The number of carbonyl (C=O) groups is 2. The van der Waals surface area contributed by atoms with Crippen molar-refractivity contribution < 1.29 is 14.3 Å². The fourth-order valence-corrected chi connectivity index (χ4v) is 1.63. The van der Waals surface area contributed by atoms with Crippen molar-refractivity contribution in [3.63, 3.8) is 0 Å². The van der Waals surface area contributed by atoms with Crippen molar-refractivity contribution in [1.82, 2.24) is 14.7 Å². The van der Waals surface area contributed by atoms with Crippen LogP contribution in [0, 0.1) is 0 Å². The van der Waals surface area contributed by atoms with Gasteiger partial charge in [-0.3, -0.25) is 14.3 Å². The van der Waals surface area contributed by atoms with Crippen LogP contribution in [-0.4, -0.2) is 46.3 Å². The molecule has 0 fully saturated rings. The molecule has 0 spiro atoms. The number of rotatable bonds is 7. The monoisotopic (exact) mass is 268 g/mol. The SMILES string of the molecule is CCCN(CC(=O)OCC)C(=O)Cn1cc(N)cn1. The number of hydrogen-bond donors (Lipinski definition) is 1. The molecule has 0 atom stereocenters. The maximum atomic E-state index is 12.1. The van der Waals surface area contributed by atoms with Gasteiger partial charge in [0.15, 0.2) is 0 Å². The second-order valence-electron chi connectivity index (χ2n) is 4.09. The molecular formula is C12H20N4O3. The predicted octanol–water partition coefficient (Wildman–Crippen LogP) is 0.267. The highest BCUT2D eigenvalue weighted by Gasteiger charge is 2.17. The number of nitrogen functional groups attached to an aromatic ring is 1. The first-order valence-corrected chi connectivity index (χ1v) is 6.28. The van der Waals surface area contributed by atoms with Gasteiger partial charge in [0.2, 0.25) is 5.91 Å². The van der Waals surface area contributed by atoms with Crippen LogP contribution in [0.2, 0.25) is 0 Å². The summed E-state index contributed by atoms with van der Waals surface area (Å²) in [4.78, 5) is 25.0. The maximum Gasteiger partial charge on any atom is 0.325 e. The van der Waals surface area contributed by atoms with E-state index in [-0.39, 0.29) is 19.0 Å². The second-order valence-corrected chi connectivity index (χ2v) is 4.09. The molecule has 0 aliphatic heterocycles. The van der Waals surface area contributed by atoms with Crippen molar-refractivity contribution >= 4 is 17.6 Å². The van der Waals surface area contributed by atoms with E-state index in [0.29, 0.717) is 18.8 Å². The minimum absolute atomic E-state index is 0.0305. The Labute approximate surface area is 112 Å². The van der Waals surface area contributed by atoms with E-state index in [9.17, 15) is 9.59 Å². The van der Waals surface area contributed by atoms with E-state index in [4.69, 9.17) is 10.5 Å². The molecule has 7 heteroatoms. The standard InChI is InChI=1S/C12H20N4O3/c1-3-5-15(9-12(18)19-4-2)11(17)8-16-7-10(13)6-14-16/h6-7H,3-5,8-9,13H2,1-2H3. The van der Waals surface area contributed by atoms with Crippen LogP contribution in [0.4, 0.5) is 5.69 Å². The van der Waals surface area contributed by atoms with Gasteiger partial charge in [-0.15, -0.1) is 0 Å². The van der Waals surface area contributed by atoms with Crippen LogP contribution in [0.25, 0.3) is 0 Å². The fraction of sp³-hybridized carbons (Fsp3) is 0.583. The highest BCUT2D eigenvalue weighted by molar-refractivity contribution is 5.81. The maximum absolute atomic E-state index is 12.1. The van der Waals surface area contributed by atoms with Crippen LogP contribution in [0.3, 0.4) is 0 Å². The molecule has 1 rings (SSSR count). The predicted molar refractivity (Wildman–Crippen MR) is 70.1 cm³/mol. The van der Waals surface area contributed by atoms with E-state index in [1.165, 1.54) is 15.8 Å². The molecule has 1 aromatic rings. The van der Waals surface area contributed by atoms with Crippen LogP contribution >= 0.6 is 0 Å². The van der Waals surface area contributed by atoms with Gasteiger partial charge in [0.1, 0.15) is 13.1 Å². The Hall–Kier alpha value is -2.05. The lowest BCUT2D eigenvalue weighted by atomic mass is 10.3. The third-order valence-electron chi connectivity index (χ3n) is 2.42. The first kappa shape index (κ1) is 15.0. The first-order valence-electron chi connectivity index (χ1n) is 6.28. The summed E-state index contributed by atoms with van der Waals surface area (Å²) in [5, 5.41) is 3.94. The molecule has 2 N–H and O–H groups in total. The van der Waals surface area contributed by atoms with E-state index in [1.807, 2.05) is 6.92 Å². The van der Waals surface area contributed by atoms with Crippen molar-refractivity contribution in [2.45, 2.75) is 26.8 Å². The Bertz CT molecular complexity index is 430. The van der Waals surface area contributed by atoms with Gasteiger partial charge in [-0.2, -0.15) is 5.10 Å². The second kappa shape index (κ2) is 7.40. The lowest BCUT2D eigenvalue weighted by molar-refractivity contribution is -0.149. The highest BCUT2D eigenvalue weighted by atomic mass is 16.5. The van der Waals surface area contributed by atoms with E-state index >= 15 is 0 Å². The molecule has 0 radical (unpaired) electrons. The van der Waals surface area contributed by atoms with Crippen LogP contribution in [-0.2, 0) is 20.9 Å². The highest BCUT2D eigenvalue weighted by Crippen LogP contribution is 2.01. The summed E-state index contributed by atoms with van der Waals surface area (Å²) in [7, 11) is 0. The van der Waals surface area contributed by atoms with Gasteiger partial charge in [0.25, 0.3) is 0 Å². The van der Waals surface area contributed by atoms with Gasteiger partial charge in [0, 0.05) is 12.7 Å². The van der Waals surface area contributed by atoms with Gasteiger partial charge in [-0.25, -0.2) is 0 Å². The number of aromatic nitrogens is 2. The summed E-state index contributed by atoms with van der Waals surface area (Å²) in [5.41, 5.74) is 6.03. The van der Waals surface area contributed by atoms with Gasteiger partial charge in [-0.05, 0) is 13.3 Å². The Morgan fingerprint density at radius 1 is 1.47 bits per heavy atom. The fourth-order valence-electron chi connectivity index (χ4n) is 1.63. The molecule has 0 aliphatic carbocycles. The molecule has 0 aliphatic rings. The van der Waals surface area contributed by atoms with Crippen molar-refractivity contribution in [2.75, 3.05) is 25.4 Å². The third-order valence-corrected chi connectivity index (χ3v) is 2.42. The Balaban J connectivity index is 2.59. The summed E-state index contributed by atoms with van der Waals surface area (Å²) < 4.78 is 6.30. The zero-order chi connectivity index (χ0) is 14.3. The minimum atomic E-state index is -0.399. The van der Waals surface area contributed by atoms with Crippen molar-refractivity contribution in [3.05, 3.63) is 12.4 Å². The smallest absolute Gasteiger partial charge is 0.325 e. The zero-order valence-corrected chi connectivity index (χ0v) is 11.3. The lowest BCUT2D eigenvalue weighted by Crippen LogP contribution is -2.39. The Morgan fingerprint density at radius 2 is 2.21 bits per heavy atom. The van der Waals surface area contributed by atoms with E-state index in [1.54, 1.807) is 13.1 Å². The van der Waals surface area contributed by atoms with Crippen LogP contribution in [0.5, 0.6) is 0 Å². The van der Waals surface area contributed by atoms with Gasteiger partial charge in [-0.1, -0.05) is 6.92 Å². The average molecular weight is 268 g/mol. The Kier molecular flexibility index (Phi) is 5.84. The van der Waals surface area contributed by atoms with E-state index in [0.717, 1.165) is 6.42 Å².